The average Bonchev–Trinajstić information content (AvgIpc) is 2.25. The molecule has 0 aliphatic rings. The van der Waals surface area contributed by atoms with Crippen LogP contribution in [0.1, 0.15) is 0 Å². The van der Waals surface area contributed by atoms with Crippen molar-refractivity contribution in [1.29, 1.82) is 0 Å². The van der Waals surface area contributed by atoms with E-state index in [1.54, 1.807) is 48.5 Å². The molecule has 3 nitrogen and oxygen atoms in total. The number of hydrogen-bond acceptors (Lipinski definition) is 3. The van der Waals surface area contributed by atoms with E-state index in [2.05, 4.69) is 0 Å². The molecule has 0 amide bonds. The Morgan fingerprint density at radius 2 is 0.889 bits per heavy atom. The van der Waals surface area contributed by atoms with E-state index in [0.29, 0.717) is 11.5 Å². The van der Waals surface area contributed by atoms with Gasteiger partial charge in [-0.25, -0.2) is 0 Å². The molecule has 0 saturated heterocycles. The molecule has 0 spiro atoms. The molecule has 0 radical (unpaired) electrons. The van der Waals surface area contributed by atoms with Gasteiger partial charge in [0, 0.05) is 0 Å². The smallest absolute Gasteiger partial charge is 1.00 e. The van der Waals surface area contributed by atoms with E-state index in [4.69, 9.17) is 14.9 Å². The molecule has 2 rings (SSSR count). The summed E-state index contributed by atoms with van der Waals surface area (Å²) >= 11 is 0. The minimum Gasteiger partial charge on any atom is -1.00 e. The quantitative estimate of drug-likeness (QED) is 0.514. The van der Waals surface area contributed by atoms with Gasteiger partial charge in [0.05, 0.1) is 0 Å². The first kappa shape index (κ1) is 20.4. The van der Waals surface area contributed by atoms with Crippen LogP contribution in [0.3, 0.4) is 0 Å². The van der Waals surface area contributed by atoms with Crippen LogP contribution in [-0.2, 0) is 0 Å². The third-order valence-electron chi connectivity index (χ3n) is 1.91. The molecule has 0 atom stereocenters. The summed E-state index contributed by atoms with van der Waals surface area (Å²) in [5.74, 6) is 1.68. The summed E-state index contributed by atoms with van der Waals surface area (Å²) in [7, 11) is 0. The van der Waals surface area contributed by atoms with Crippen LogP contribution in [0.15, 0.2) is 48.5 Å². The standard InChI is InChI=1S/C12H10O3.2BrH.Ca/c13-9-1-5-11(6-2-9)15-12-7-3-10(14)4-8-12;;;/h1-8,13-14H;2*1H;/q;;;+2/p-2. The molecule has 0 fully saturated rings. The number of benzene rings is 2. The number of aromatic hydroxyl groups is 2. The molecular weight excluding hydrogens is 392 g/mol. The second-order valence-corrected chi connectivity index (χ2v) is 3.09. The summed E-state index contributed by atoms with van der Waals surface area (Å²) in [6.45, 7) is 0. The maximum Gasteiger partial charge on any atom is 2.00 e. The fraction of sp³-hybridized carbons (Fsp3) is 0. The van der Waals surface area contributed by atoms with Gasteiger partial charge < -0.3 is 48.9 Å². The molecule has 0 aromatic heterocycles. The van der Waals surface area contributed by atoms with Crippen molar-refractivity contribution in [3.63, 3.8) is 0 Å². The Hall–Kier alpha value is 0.0597. The van der Waals surface area contributed by atoms with Crippen LogP contribution in [0.25, 0.3) is 0 Å². The number of phenols is 2. The normalized spacial score (nSPS) is 8.22. The largest absolute Gasteiger partial charge is 2.00 e. The van der Waals surface area contributed by atoms with Gasteiger partial charge in [0.15, 0.2) is 0 Å². The molecule has 2 aromatic carbocycles. The fourth-order valence-corrected chi connectivity index (χ4v) is 1.16. The van der Waals surface area contributed by atoms with E-state index in [0.717, 1.165) is 0 Å². The molecule has 0 saturated carbocycles. The van der Waals surface area contributed by atoms with Crippen LogP contribution in [0.4, 0.5) is 0 Å². The Bertz CT molecular complexity index is 402. The average molecular weight is 402 g/mol. The molecule has 2 aromatic rings. The number of phenolic OH excluding ortho intramolecular Hbond substituents is 2. The predicted molar refractivity (Wildman–Crippen MR) is 62.0 cm³/mol. The minimum atomic E-state index is 0. The Morgan fingerprint density at radius 1 is 0.611 bits per heavy atom. The van der Waals surface area contributed by atoms with Gasteiger partial charge in [0.2, 0.25) is 0 Å². The van der Waals surface area contributed by atoms with Crippen molar-refractivity contribution in [2.75, 3.05) is 0 Å². The molecule has 0 aliphatic carbocycles. The van der Waals surface area contributed by atoms with Gasteiger partial charge in [-0.1, -0.05) is 0 Å². The van der Waals surface area contributed by atoms with Gasteiger partial charge in [-0.3, -0.25) is 0 Å². The summed E-state index contributed by atoms with van der Waals surface area (Å²) in [5.41, 5.74) is 0. The third kappa shape index (κ3) is 6.29. The molecule has 18 heavy (non-hydrogen) atoms. The number of hydrogen-bond donors (Lipinski definition) is 2. The van der Waals surface area contributed by atoms with Crippen molar-refractivity contribution in [2.24, 2.45) is 0 Å². The van der Waals surface area contributed by atoms with E-state index >= 15 is 0 Å². The van der Waals surface area contributed by atoms with E-state index in [1.165, 1.54) is 0 Å². The van der Waals surface area contributed by atoms with E-state index in [-0.39, 0.29) is 83.2 Å². The molecule has 2 N–H and O–H groups in total. The number of ether oxygens (including phenoxy) is 1. The van der Waals surface area contributed by atoms with Gasteiger partial charge in [0.25, 0.3) is 0 Å². The van der Waals surface area contributed by atoms with E-state index in [1.807, 2.05) is 0 Å². The fourth-order valence-electron chi connectivity index (χ4n) is 1.16. The number of rotatable bonds is 2. The van der Waals surface area contributed by atoms with Crippen molar-refractivity contribution in [3.05, 3.63) is 48.5 Å². The topological polar surface area (TPSA) is 49.7 Å². The zero-order valence-corrected chi connectivity index (χ0v) is 14.8. The van der Waals surface area contributed by atoms with Crippen LogP contribution < -0.4 is 38.7 Å². The van der Waals surface area contributed by atoms with Gasteiger partial charge in [-0.2, -0.15) is 0 Å². The van der Waals surface area contributed by atoms with Crippen LogP contribution in [0.2, 0.25) is 0 Å². The first-order chi connectivity index (χ1) is 7.24. The van der Waals surface area contributed by atoms with Crippen molar-refractivity contribution < 1.29 is 48.9 Å². The van der Waals surface area contributed by atoms with Gasteiger partial charge in [-0.15, -0.1) is 0 Å². The van der Waals surface area contributed by atoms with Crippen LogP contribution in [0, 0.1) is 0 Å². The van der Waals surface area contributed by atoms with Crippen LogP contribution in [0.5, 0.6) is 23.0 Å². The van der Waals surface area contributed by atoms with E-state index < -0.39 is 0 Å². The third-order valence-corrected chi connectivity index (χ3v) is 1.91. The van der Waals surface area contributed by atoms with Crippen LogP contribution in [-0.4, -0.2) is 48.0 Å². The molecule has 0 unspecified atom stereocenters. The zero-order chi connectivity index (χ0) is 10.7. The molecule has 92 valence electrons. The SMILES string of the molecule is Oc1ccc(Oc2ccc(O)cc2)cc1.[Br-].[Br-].[Ca+2]. The second kappa shape index (κ2) is 9.92. The van der Waals surface area contributed by atoms with E-state index in [9.17, 15) is 0 Å². The van der Waals surface area contributed by atoms with Gasteiger partial charge >= 0.3 is 37.7 Å². The molecule has 0 aliphatic heterocycles. The van der Waals surface area contributed by atoms with Gasteiger partial charge in [0.1, 0.15) is 23.0 Å². The molecule has 0 bridgehead atoms. The summed E-state index contributed by atoms with van der Waals surface area (Å²) in [5, 5.41) is 18.1. The Labute approximate surface area is 156 Å². The summed E-state index contributed by atoms with van der Waals surface area (Å²) in [6, 6.07) is 12.9. The maximum atomic E-state index is 9.07. The second-order valence-electron chi connectivity index (χ2n) is 3.09. The van der Waals surface area contributed by atoms with Crippen molar-refractivity contribution in [3.8, 4) is 23.0 Å². The predicted octanol–water partition coefficient (Wildman–Crippen LogP) is -3.48. The maximum absolute atomic E-state index is 9.07. The summed E-state index contributed by atoms with van der Waals surface area (Å²) < 4.78 is 5.47. The minimum absolute atomic E-state index is 0. The zero-order valence-electron chi connectivity index (χ0n) is 9.38. The Morgan fingerprint density at radius 3 is 1.17 bits per heavy atom. The molecular formula is C12H10Br2CaO3. The van der Waals surface area contributed by atoms with Crippen molar-refractivity contribution >= 4 is 37.7 Å². The van der Waals surface area contributed by atoms with Crippen molar-refractivity contribution in [2.45, 2.75) is 0 Å². The van der Waals surface area contributed by atoms with Crippen molar-refractivity contribution in [1.82, 2.24) is 0 Å². The van der Waals surface area contributed by atoms with Crippen LogP contribution >= 0.6 is 0 Å². The Kier molecular flexibility index (Phi) is 11.2. The summed E-state index contributed by atoms with van der Waals surface area (Å²) in [6.07, 6.45) is 0. The van der Waals surface area contributed by atoms with Gasteiger partial charge in [-0.05, 0) is 48.5 Å². The first-order valence-electron chi connectivity index (χ1n) is 4.50. The monoisotopic (exact) mass is 400 g/mol. The number of halogens is 2. The first-order valence-corrected chi connectivity index (χ1v) is 4.50. The summed E-state index contributed by atoms with van der Waals surface area (Å²) in [4.78, 5) is 0. The molecule has 6 heteroatoms. The molecule has 0 heterocycles. The Balaban J connectivity index is 0.